The van der Waals surface area contributed by atoms with Gasteiger partial charge in [0.05, 0.1) is 6.42 Å². The molecule has 0 aromatic carbocycles. The minimum absolute atomic E-state index is 0.286. The normalized spacial score (nSPS) is 15.5. The predicted octanol–water partition coefficient (Wildman–Crippen LogP) is 2.77. The zero-order valence-electron chi connectivity index (χ0n) is 7.10. The molecule has 0 aliphatic heterocycles. The molecular formula is C9H7Cl3O2. The first-order valence-electron chi connectivity index (χ1n) is 3.90. The van der Waals surface area contributed by atoms with Gasteiger partial charge in [0, 0.05) is 0 Å². The Kier molecular flexibility index (Phi) is 3.76. The molecule has 0 saturated heterocycles. The maximum atomic E-state index is 11.4. The molecule has 1 aliphatic carbocycles. The quantitative estimate of drug-likeness (QED) is 0.572. The number of alkyl halides is 3. The van der Waals surface area contributed by atoms with Crippen molar-refractivity contribution in [3.05, 3.63) is 23.8 Å². The van der Waals surface area contributed by atoms with E-state index in [0.717, 1.165) is 0 Å². The summed E-state index contributed by atoms with van der Waals surface area (Å²) in [5.41, 5.74) is 0.576. The summed E-state index contributed by atoms with van der Waals surface area (Å²) >= 11 is 16.0. The van der Waals surface area contributed by atoms with Crippen molar-refractivity contribution in [2.24, 2.45) is 0 Å². The number of hydrogen-bond acceptors (Lipinski definition) is 2. The maximum Gasteiger partial charge on any atom is 0.249 e. The van der Waals surface area contributed by atoms with Gasteiger partial charge >= 0.3 is 0 Å². The van der Waals surface area contributed by atoms with Crippen molar-refractivity contribution in [3.63, 3.8) is 0 Å². The van der Waals surface area contributed by atoms with E-state index < -0.39 is 9.58 Å². The van der Waals surface area contributed by atoms with E-state index in [1.807, 2.05) is 6.08 Å². The Balaban J connectivity index is 2.54. The summed E-state index contributed by atoms with van der Waals surface area (Å²) in [6.45, 7) is 0. The molecule has 0 atom stereocenters. The van der Waals surface area contributed by atoms with Crippen LogP contribution in [0.1, 0.15) is 12.8 Å². The minimum atomic E-state index is -2.00. The van der Waals surface area contributed by atoms with Crippen LogP contribution in [-0.4, -0.2) is 15.4 Å². The number of allylic oxidation sites excluding steroid dienone is 4. The summed E-state index contributed by atoms with van der Waals surface area (Å²) < 4.78 is -2.00. The number of carbonyl (C=O) groups is 2. The van der Waals surface area contributed by atoms with Gasteiger partial charge in [0.2, 0.25) is 3.79 Å². The van der Waals surface area contributed by atoms with E-state index in [1.165, 1.54) is 0 Å². The van der Waals surface area contributed by atoms with Crippen LogP contribution >= 0.6 is 34.8 Å². The van der Waals surface area contributed by atoms with Crippen LogP contribution in [0.5, 0.6) is 0 Å². The molecule has 0 unspecified atom stereocenters. The fourth-order valence-corrected chi connectivity index (χ4v) is 1.21. The van der Waals surface area contributed by atoms with E-state index in [-0.39, 0.29) is 12.2 Å². The van der Waals surface area contributed by atoms with E-state index in [9.17, 15) is 9.59 Å². The topological polar surface area (TPSA) is 34.1 Å². The summed E-state index contributed by atoms with van der Waals surface area (Å²) in [4.78, 5) is 22.6. The number of halogens is 3. The van der Waals surface area contributed by atoms with Crippen molar-refractivity contribution in [1.82, 2.24) is 0 Å². The molecule has 0 radical (unpaired) electrons. The highest BCUT2D eigenvalue weighted by Crippen LogP contribution is 2.29. The van der Waals surface area contributed by atoms with Gasteiger partial charge in [-0.1, -0.05) is 53.0 Å². The molecule has 1 rings (SSSR count). The standard InChI is InChI=1S/C9H7Cl3O2/c10-9(11,12)8(14)5-7(13)6-3-1-2-4-6/h1-3H,4-5H2. The summed E-state index contributed by atoms with van der Waals surface area (Å²) in [7, 11) is 0. The summed E-state index contributed by atoms with van der Waals surface area (Å²) in [6, 6.07) is 0. The smallest absolute Gasteiger partial charge is 0.249 e. The molecule has 2 nitrogen and oxygen atoms in total. The van der Waals surface area contributed by atoms with Crippen LogP contribution in [0.3, 0.4) is 0 Å². The average molecular weight is 254 g/mol. The molecule has 5 heteroatoms. The molecule has 0 saturated carbocycles. The average Bonchev–Trinajstić information content (AvgIpc) is 2.53. The third-order valence-electron chi connectivity index (χ3n) is 1.77. The Labute approximate surface area is 96.5 Å². The Morgan fingerprint density at radius 1 is 1.36 bits per heavy atom. The molecule has 0 spiro atoms. The van der Waals surface area contributed by atoms with Gasteiger partial charge in [-0.3, -0.25) is 9.59 Å². The number of ketones is 2. The lowest BCUT2D eigenvalue weighted by Gasteiger charge is -2.08. The van der Waals surface area contributed by atoms with Gasteiger partial charge in [-0.25, -0.2) is 0 Å². The third kappa shape index (κ3) is 3.12. The molecule has 76 valence electrons. The van der Waals surface area contributed by atoms with Crippen molar-refractivity contribution >= 4 is 46.4 Å². The second-order valence-electron chi connectivity index (χ2n) is 2.85. The minimum Gasteiger partial charge on any atom is -0.294 e. The van der Waals surface area contributed by atoms with Crippen molar-refractivity contribution in [2.75, 3.05) is 0 Å². The van der Waals surface area contributed by atoms with Gasteiger partial charge in [-0.2, -0.15) is 0 Å². The molecule has 1 aliphatic rings. The number of rotatable bonds is 3. The van der Waals surface area contributed by atoms with Crippen LogP contribution in [0.2, 0.25) is 0 Å². The first-order valence-corrected chi connectivity index (χ1v) is 5.03. The highest BCUT2D eigenvalue weighted by molar-refractivity contribution is 6.76. The van der Waals surface area contributed by atoms with Crippen LogP contribution in [0.25, 0.3) is 0 Å². The Bertz CT molecular complexity index is 323. The molecule has 0 heterocycles. The fraction of sp³-hybridized carbons (Fsp3) is 0.333. The third-order valence-corrected chi connectivity index (χ3v) is 2.40. The fourth-order valence-electron chi connectivity index (χ4n) is 1.01. The molecular weight excluding hydrogens is 246 g/mol. The van der Waals surface area contributed by atoms with Gasteiger partial charge in [0.15, 0.2) is 11.6 Å². The van der Waals surface area contributed by atoms with E-state index in [0.29, 0.717) is 12.0 Å². The maximum absolute atomic E-state index is 11.4. The van der Waals surface area contributed by atoms with E-state index in [4.69, 9.17) is 34.8 Å². The zero-order valence-corrected chi connectivity index (χ0v) is 9.36. The van der Waals surface area contributed by atoms with Gasteiger partial charge in [0.25, 0.3) is 0 Å². The monoisotopic (exact) mass is 252 g/mol. The van der Waals surface area contributed by atoms with Crippen molar-refractivity contribution in [3.8, 4) is 0 Å². The SMILES string of the molecule is O=C(CC(=O)C(Cl)(Cl)Cl)C1=CC=CC1. The van der Waals surface area contributed by atoms with E-state index >= 15 is 0 Å². The number of Topliss-reactive ketones (excluding diaryl/α,β-unsaturated/α-hetero) is 2. The van der Waals surface area contributed by atoms with Gasteiger partial charge in [0.1, 0.15) is 0 Å². The highest BCUT2D eigenvalue weighted by atomic mass is 35.6. The van der Waals surface area contributed by atoms with Crippen LogP contribution < -0.4 is 0 Å². The predicted molar refractivity (Wildman–Crippen MR) is 56.8 cm³/mol. The molecule has 0 amide bonds. The summed E-state index contributed by atoms with van der Waals surface area (Å²) in [5.74, 6) is -0.980. The lowest BCUT2D eigenvalue weighted by Crippen LogP contribution is -2.22. The van der Waals surface area contributed by atoms with Gasteiger partial charge < -0.3 is 0 Å². The van der Waals surface area contributed by atoms with Crippen molar-refractivity contribution < 1.29 is 9.59 Å². The van der Waals surface area contributed by atoms with Crippen LogP contribution in [0.15, 0.2) is 23.8 Å². The first kappa shape index (κ1) is 11.8. The second-order valence-corrected chi connectivity index (χ2v) is 5.13. The highest BCUT2D eigenvalue weighted by Gasteiger charge is 2.32. The second kappa shape index (κ2) is 4.47. The summed E-state index contributed by atoms with van der Waals surface area (Å²) in [5, 5.41) is 0. The van der Waals surface area contributed by atoms with Crippen molar-refractivity contribution in [2.45, 2.75) is 16.6 Å². The number of hydrogen-bond donors (Lipinski definition) is 0. The lowest BCUT2D eigenvalue weighted by molar-refractivity contribution is -0.124. The Morgan fingerprint density at radius 2 is 2.00 bits per heavy atom. The molecule has 0 N–H and O–H groups in total. The number of carbonyl (C=O) groups excluding carboxylic acids is 2. The van der Waals surface area contributed by atoms with Crippen LogP contribution in [0.4, 0.5) is 0 Å². The molecule has 0 bridgehead atoms. The van der Waals surface area contributed by atoms with Gasteiger partial charge in [-0.05, 0) is 12.0 Å². The van der Waals surface area contributed by atoms with E-state index in [1.54, 1.807) is 12.2 Å². The molecule has 0 aromatic rings. The Hall–Kier alpha value is -0.310. The van der Waals surface area contributed by atoms with Crippen LogP contribution in [-0.2, 0) is 9.59 Å². The molecule has 0 aromatic heterocycles. The first-order chi connectivity index (χ1) is 6.41. The Morgan fingerprint density at radius 3 is 2.43 bits per heavy atom. The summed E-state index contributed by atoms with van der Waals surface area (Å²) in [6.07, 6.45) is 5.43. The molecule has 0 fully saturated rings. The van der Waals surface area contributed by atoms with Crippen LogP contribution in [0, 0.1) is 0 Å². The van der Waals surface area contributed by atoms with Gasteiger partial charge in [-0.15, -0.1) is 0 Å². The lowest BCUT2D eigenvalue weighted by atomic mass is 10.1. The molecule has 14 heavy (non-hydrogen) atoms. The van der Waals surface area contributed by atoms with E-state index in [2.05, 4.69) is 0 Å². The van der Waals surface area contributed by atoms with Crippen molar-refractivity contribution in [1.29, 1.82) is 0 Å². The largest absolute Gasteiger partial charge is 0.294 e. The zero-order chi connectivity index (χ0) is 10.8.